The molecule has 0 saturated heterocycles. The third kappa shape index (κ3) is 3.88. The summed E-state index contributed by atoms with van der Waals surface area (Å²) in [5.41, 5.74) is 0.192. The Bertz CT molecular complexity index is 467. The lowest BCUT2D eigenvalue weighted by Crippen LogP contribution is -2.08. The molecule has 0 bridgehead atoms. The van der Waals surface area contributed by atoms with Gasteiger partial charge < -0.3 is 14.6 Å². The first-order chi connectivity index (χ1) is 8.95. The van der Waals surface area contributed by atoms with Gasteiger partial charge in [0.25, 0.3) is 0 Å². The number of carbonyl (C=O) groups is 1. The molecule has 0 heterocycles. The van der Waals surface area contributed by atoms with Crippen molar-refractivity contribution in [3.05, 3.63) is 23.8 Å². The van der Waals surface area contributed by atoms with Crippen LogP contribution in [0, 0.1) is 11.8 Å². The summed E-state index contributed by atoms with van der Waals surface area (Å²) in [6.07, 6.45) is 1.19. The smallest absolute Gasteiger partial charge is 0.335 e. The second-order valence-corrected chi connectivity index (χ2v) is 5.45. The molecule has 2 unspecified atom stereocenters. The molecule has 2 atom stereocenters. The van der Waals surface area contributed by atoms with E-state index in [1.54, 1.807) is 12.1 Å². The number of aromatic carboxylic acids is 1. The topological polar surface area (TPSA) is 55.8 Å². The van der Waals surface area contributed by atoms with Crippen LogP contribution in [0.5, 0.6) is 11.5 Å². The van der Waals surface area contributed by atoms with Gasteiger partial charge in [0.2, 0.25) is 0 Å². The Kier molecular flexibility index (Phi) is 3.98. The Balaban J connectivity index is 2.11. The summed E-state index contributed by atoms with van der Waals surface area (Å²) in [6.45, 7) is 6.64. The quantitative estimate of drug-likeness (QED) is 0.857. The molecule has 0 aliphatic heterocycles. The van der Waals surface area contributed by atoms with Crippen molar-refractivity contribution in [3.63, 3.8) is 0 Å². The first-order valence-corrected chi connectivity index (χ1v) is 6.63. The van der Waals surface area contributed by atoms with Crippen molar-refractivity contribution in [2.45, 2.75) is 33.3 Å². The highest BCUT2D eigenvalue weighted by Crippen LogP contribution is 2.38. The van der Waals surface area contributed by atoms with E-state index in [2.05, 4.69) is 6.92 Å². The van der Waals surface area contributed by atoms with Crippen LogP contribution in [0.15, 0.2) is 18.2 Å². The normalized spacial score (nSPS) is 21.3. The maximum absolute atomic E-state index is 11.1. The summed E-state index contributed by atoms with van der Waals surface area (Å²) >= 11 is 0. The number of benzene rings is 1. The van der Waals surface area contributed by atoms with E-state index in [-0.39, 0.29) is 11.7 Å². The number of carboxylic acids is 1. The lowest BCUT2D eigenvalue weighted by Gasteiger charge is -2.13. The van der Waals surface area contributed by atoms with E-state index in [1.807, 2.05) is 13.8 Å². The highest BCUT2D eigenvalue weighted by atomic mass is 16.5. The average Bonchev–Trinajstić information content (AvgIpc) is 3.01. The van der Waals surface area contributed by atoms with Crippen LogP contribution < -0.4 is 9.47 Å². The zero-order valence-electron chi connectivity index (χ0n) is 11.6. The molecule has 0 aromatic heterocycles. The fraction of sp³-hybridized carbons (Fsp3) is 0.533. The van der Waals surface area contributed by atoms with Crippen molar-refractivity contribution in [3.8, 4) is 11.5 Å². The van der Waals surface area contributed by atoms with Gasteiger partial charge in [0.15, 0.2) is 0 Å². The largest absolute Gasteiger partial charge is 0.493 e. The number of hydrogen-bond acceptors (Lipinski definition) is 3. The van der Waals surface area contributed by atoms with Crippen LogP contribution >= 0.6 is 0 Å². The Morgan fingerprint density at radius 1 is 1.37 bits per heavy atom. The molecule has 2 rings (SSSR count). The van der Waals surface area contributed by atoms with Gasteiger partial charge in [-0.25, -0.2) is 4.79 Å². The summed E-state index contributed by atoms with van der Waals surface area (Å²) in [5.74, 6) is 1.44. The van der Waals surface area contributed by atoms with Gasteiger partial charge in [-0.05, 0) is 44.2 Å². The van der Waals surface area contributed by atoms with E-state index in [9.17, 15) is 4.79 Å². The van der Waals surface area contributed by atoms with Crippen molar-refractivity contribution in [1.29, 1.82) is 0 Å². The van der Waals surface area contributed by atoms with E-state index in [0.717, 1.165) is 0 Å². The van der Waals surface area contributed by atoms with Crippen molar-refractivity contribution < 1.29 is 19.4 Å². The molecule has 19 heavy (non-hydrogen) atoms. The molecular weight excluding hydrogens is 244 g/mol. The summed E-state index contributed by atoms with van der Waals surface area (Å²) < 4.78 is 11.2. The second kappa shape index (κ2) is 5.51. The fourth-order valence-electron chi connectivity index (χ4n) is 1.95. The van der Waals surface area contributed by atoms with E-state index in [1.165, 1.54) is 12.5 Å². The molecule has 1 fully saturated rings. The summed E-state index contributed by atoms with van der Waals surface area (Å²) in [4.78, 5) is 11.1. The highest BCUT2D eigenvalue weighted by molar-refractivity contribution is 5.88. The van der Waals surface area contributed by atoms with Crippen molar-refractivity contribution in [2.75, 3.05) is 6.61 Å². The van der Waals surface area contributed by atoms with Crippen molar-refractivity contribution in [2.24, 2.45) is 11.8 Å². The van der Waals surface area contributed by atoms with Crippen molar-refractivity contribution in [1.82, 2.24) is 0 Å². The summed E-state index contributed by atoms with van der Waals surface area (Å²) in [5, 5.41) is 9.09. The molecule has 104 valence electrons. The molecule has 1 saturated carbocycles. The van der Waals surface area contributed by atoms with E-state index < -0.39 is 5.97 Å². The molecule has 4 nitrogen and oxygen atoms in total. The molecule has 0 amide bonds. The Labute approximate surface area is 113 Å². The second-order valence-electron chi connectivity index (χ2n) is 5.45. The molecule has 1 N–H and O–H groups in total. The van der Waals surface area contributed by atoms with Crippen LogP contribution in [0.25, 0.3) is 0 Å². The van der Waals surface area contributed by atoms with Gasteiger partial charge in [-0.15, -0.1) is 0 Å². The predicted molar refractivity (Wildman–Crippen MR) is 71.9 cm³/mol. The van der Waals surface area contributed by atoms with E-state index in [0.29, 0.717) is 29.9 Å². The van der Waals surface area contributed by atoms with Gasteiger partial charge in [-0.3, -0.25) is 0 Å². The highest BCUT2D eigenvalue weighted by Gasteiger charge is 2.33. The first-order valence-electron chi connectivity index (χ1n) is 6.63. The van der Waals surface area contributed by atoms with Crippen LogP contribution in [-0.2, 0) is 0 Å². The third-order valence-corrected chi connectivity index (χ3v) is 3.24. The zero-order valence-corrected chi connectivity index (χ0v) is 11.6. The maximum Gasteiger partial charge on any atom is 0.335 e. The SMILES string of the molecule is CC(C)Oc1cc(OCC2CC2C)cc(C(=O)O)c1. The van der Waals surface area contributed by atoms with Gasteiger partial charge in [0.05, 0.1) is 18.3 Å². The standard InChI is InChI=1S/C15H20O4/c1-9(2)19-14-6-11(15(16)17)5-13(7-14)18-8-12-4-10(12)3/h5-7,9-10,12H,4,8H2,1-3H3,(H,16,17). The fourth-order valence-corrected chi connectivity index (χ4v) is 1.95. The number of hydrogen-bond donors (Lipinski definition) is 1. The van der Waals surface area contributed by atoms with E-state index in [4.69, 9.17) is 14.6 Å². The zero-order chi connectivity index (χ0) is 14.0. The molecule has 1 aromatic carbocycles. The first kappa shape index (κ1) is 13.7. The molecule has 0 radical (unpaired) electrons. The van der Waals surface area contributed by atoms with Crippen LogP contribution in [-0.4, -0.2) is 23.8 Å². The summed E-state index contributed by atoms with van der Waals surface area (Å²) in [6, 6.07) is 4.82. The summed E-state index contributed by atoms with van der Waals surface area (Å²) in [7, 11) is 0. The van der Waals surface area contributed by atoms with Crippen molar-refractivity contribution >= 4 is 5.97 Å². The number of rotatable bonds is 6. The monoisotopic (exact) mass is 264 g/mol. The number of ether oxygens (including phenoxy) is 2. The molecular formula is C15H20O4. The molecule has 1 aliphatic rings. The minimum absolute atomic E-state index is 0.000323. The third-order valence-electron chi connectivity index (χ3n) is 3.24. The number of carboxylic acid groups (broad SMARTS) is 1. The Hall–Kier alpha value is -1.71. The van der Waals surface area contributed by atoms with Gasteiger partial charge in [0.1, 0.15) is 11.5 Å². The van der Waals surface area contributed by atoms with Gasteiger partial charge in [-0.1, -0.05) is 6.92 Å². The predicted octanol–water partition coefficient (Wildman–Crippen LogP) is 3.21. The molecule has 1 aliphatic carbocycles. The average molecular weight is 264 g/mol. The van der Waals surface area contributed by atoms with Gasteiger partial charge >= 0.3 is 5.97 Å². The van der Waals surface area contributed by atoms with Crippen LogP contribution in [0.4, 0.5) is 0 Å². The molecule has 1 aromatic rings. The minimum atomic E-state index is -0.973. The minimum Gasteiger partial charge on any atom is -0.493 e. The maximum atomic E-state index is 11.1. The Morgan fingerprint density at radius 3 is 2.53 bits per heavy atom. The lowest BCUT2D eigenvalue weighted by molar-refractivity contribution is 0.0695. The van der Waals surface area contributed by atoms with Gasteiger partial charge in [-0.2, -0.15) is 0 Å². The molecule has 0 spiro atoms. The van der Waals surface area contributed by atoms with Crippen LogP contribution in [0.2, 0.25) is 0 Å². The van der Waals surface area contributed by atoms with E-state index >= 15 is 0 Å². The van der Waals surface area contributed by atoms with Crippen LogP contribution in [0.1, 0.15) is 37.6 Å². The Morgan fingerprint density at radius 2 is 2.00 bits per heavy atom. The molecule has 4 heteroatoms. The lowest BCUT2D eigenvalue weighted by atomic mass is 10.2. The van der Waals surface area contributed by atoms with Crippen LogP contribution in [0.3, 0.4) is 0 Å². The van der Waals surface area contributed by atoms with Gasteiger partial charge in [0, 0.05) is 6.07 Å².